The molecule has 0 aliphatic rings. The van der Waals surface area contributed by atoms with Gasteiger partial charge in [0, 0.05) is 0 Å². The minimum Gasteiger partial charge on any atom is -0.494 e. The van der Waals surface area contributed by atoms with Crippen LogP contribution in [0.25, 0.3) is 0 Å². The van der Waals surface area contributed by atoms with E-state index in [2.05, 4.69) is 0 Å². The second-order valence-corrected chi connectivity index (χ2v) is 1.89. The highest BCUT2D eigenvalue weighted by Gasteiger charge is 1.90. The summed E-state index contributed by atoms with van der Waals surface area (Å²) in [4.78, 5) is 0. The molecule has 0 saturated carbocycles. The lowest BCUT2D eigenvalue weighted by molar-refractivity contribution is 0.339. The predicted molar refractivity (Wildman–Crippen MR) is 60.3 cm³/mol. The van der Waals surface area contributed by atoms with Gasteiger partial charge < -0.3 is 4.74 Å². The van der Waals surface area contributed by atoms with Crippen molar-refractivity contribution in [3.8, 4) is 5.75 Å². The van der Waals surface area contributed by atoms with E-state index in [1.807, 2.05) is 34.6 Å². The molecule has 0 heterocycles. The Morgan fingerprint density at radius 1 is 1.00 bits per heavy atom. The molecule has 0 radical (unpaired) electrons. The number of hydrogen-bond acceptors (Lipinski definition) is 1. The Morgan fingerprint density at radius 2 is 1.43 bits per heavy atom. The van der Waals surface area contributed by atoms with E-state index in [-0.39, 0.29) is 5.82 Å². The van der Waals surface area contributed by atoms with Gasteiger partial charge in [0.05, 0.1) is 6.61 Å². The van der Waals surface area contributed by atoms with Gasteiger partial charge in [-0.05, 0) is 31.2 Å². The van der Waals surface area contributed by atoms with Gasteiger partial charge in [0.25, 0.3) is 0 Å². The maximum absolute atomic E-state index is 12.3. The third-order valence-electron chi connectivity index (χ3n) is 1.12. The van der Waals surface area contributed by atoms with E-state index in [9.17, 15) is 4.39 Å². The Morgan fingerprint density at radius 3 is 1.79 bits per heavy atom. The molecule has 1 rings (SSSR count). The summed E-state index contributed by atoms with van der Waals surface area (Å²) >= 11 is 0. The van der Waals surface area contributed by atoms with Crippen LogP contribution in [0.1, 0.15) is 34.6 Å². The second-order valence-electron chi connectivity index (χ2n) is 1.89. The number of ether oxygens (including phenoxy) is 1. The van der Waals surface area contributed by atoms with Crippen molar-refractivity contribution in [2.45, 2.75) is 34.6 Å². The van der Waals surface area contributed by atoms with E-state index in [0.717, 1.165) is 0 Å². The van der Waals surface area contributed by atoms with Crippen molar-refractivity contribution in [3.63, 3.8) is 0 Å². The summed E-state index contributed by atoms with van der Waals surface area (Å²) in [6.45, 7) is 10.5. The van der Waals surface area contributed by atoms with Gasteiger partial charge in [-0.15, -0.1) is 0 Å². The average Bonchev–Trinajstić information content (AvgIpc) is 2.28. The lowest BCUT2D eigenvalue weighted by Gasteiger charge is -2.00. The minimum absolute atomic E-state index is 0.233. The van der Waals surface area contributed by atoms with Crippen molar-refractivity contribution < 1.29 is 9.13 Å². The highest BCUT2D eigenvalue weighted by atomic mass is 19.1. The molecule has 0 aromatic heterocycles. The van der Waals surface area contributed by atoms with Gasteiger partial charge in [0.2, 0.25) is 0 Å². The molecule has 0 saturated heterocycles. The molecule has 0 aliphatic carbocycles. The quantitative estimate of drug-likeness (QED) is 0.692. The fourth-order valence-electron chi connectivity index (χ4n) is 0.697. The molecule has 2 heteroatoms. The lowest BCUT2D eigenvalue weighted by atomic mass is 10.3. The highest BCUT2D eigenvalue weighted by molar-refractivity contribution is 5.21. The van der Waals surface area contributed by atoms with E-state index in [0.29, 0.717) is 12.4 Å². The zero-order valence-corrected chi connectivity index (χ0v) is 9.80. The maximum atomic E-state index is 12.3. The van der Waals surface area contributed by atoms with Crippen LogP contribution < -0.4 is 4.74 Å². The fourth-order valence-corrected chi connectivity index (χ4v) is 0.697. The molecule has 82 valence electrons. The summed E-state index contributed by atoms with van der Waals surface area (Å²) in [6.07, 6.45) is 0. The van der Waals surface area contributed by atoms with Crippen LogP contribution in [0.5, 0.6) is 5.75 Å². The first-order valence-corrected chi connectivity index (χ1v) is 5.21. The van der Waals surface area contributed by atoms with Crippen molar-refractivity contribution in [2.24, 2.45) is 0 Å². The number of hydrogen-bond donors (Lipinski definition) is 0. The van der Waals surface area contributed by atoms with Gasteiger partial charge in [0.15, 0.2) is 0 Å². The first-order chi connectivity index (χ1) is 6.83. The van der Waals surface area contributed by atoms with Crippen molar-refractivity contribution in [1.29, 1.82) is 0 Å². The van der Waals surface area contributed by atoms with Gasteiger partial charge in [-0.3, -0.25) is 0 Å². The van der Waals surface area contributed by atoms with Gasteiger partial charge in [-0.25, -0.2) is 4.39 Å². The molecule has 0 bridgehead atoms. The predicted octanol–water partition coefficient (Wildman–Crippen LogP) is 4.28. The summed E-state index contributed by atoms with van der Waals surface area (Å²) in [5, 5.41) is 0. The summed E-state index contributed by atoms with van der Waals surface area (Å²) in [7, 11) is 0. The fraction of sp³-hybridized carbons (Fsp3) is 0.500. The second kappa shape index (κ2) is 11.9. The molecule has 0 N–H and O–H groups in total. The Hall–Kier alpha value is -1.05. The molecular formula is C12H21FO. The van der Waals surface area contributed by atoms with Crippen LogP contribution in [0, 0.1) is 5.82 Å². The SMILES string of the molecule is CC.CC.CCOc1ccc(F)cc1. The first kappa shape index (κ1) is 15.4. The third kappa shape index (κ3) is 7.59. The molecule has 1 aromatic rings. The molecule has 0 fully saturated rings. The van der Waals surface area contributed by atoms with Crippen LogP contribution >= 0.6 is 0 Å². The average molecular weight is 200 g/mol. The van der Waals surface area contributed by atoms with Crippen LogP contribution in [0.4, 0.5) is 4.39 Å². The van der Waals surface area contributed by atoms with Crippen molar-refractivity contribution in [2.75, 3.05) is 6.61 Å². The van der Waals surface area contributed by atoms with E-state index in [1.165, 1.54) is 12.1 Å². The number of halogens is 1. The summed E-state index contributed by atoms with van der Waals surface area (Å²) in [5.74, 6) is 0.479. The van der Waals surface area contributed by atoms with Gasteiger partial charge in [-0.1, -0.05) is 27.7 Å². The molecule has 0 aliphatic heterocycles. The first-order valence-electron chi connectivity index (χ1n) is 5.21. The molecular weight excluding hydrogens is 179 g/mol. The van der Waals surface area contributed by atoms with Crippen molar-refractivity contribution in [3.05, 3.63) is 30.1 Å². The van der Waals surface area contributed by atoms with E-state index in [4.69, 9.17) is 4.74 Å². The molecule has 0 spiro atoms. The van der Waals surface area contributed by atoms with E-state index >= 15 is 0 Å². The Bertz CT molecular complexity index is 194. The molecule has 0 atom stereocenters. The molecule has 1 aromatic carbocycles. The number of rotatable bonds is 2. The summed E-state index contributed by atoms with van der Waals surface area (Å²) in [5.41, 5.74) is 0. The standard InChI is InChI=1S/C8H9FO.2C2H6/c1-2-10-8-5-3-7(9)4-6-8;2*1-2/h3-6H,2H2,1H3;2*1-2H3. The largest absolute Gasteiger partial charge is 0.494 e. The van der Waals surface area contributed by atoms with Gasteiger partial charge in [0.1, 0.15) is 11.6 Å². The van der Waals surface area contributed by atoms with Crippen LogP contribution in [0.15, 0.2) is 24.3 Å². The zero-order valence-electron chi connectivity index (χ0n) is 9.80. The topological polar surface area (TPSA) is 9.23 Å². The monoisotopic (exact) mass is 200 g/mol. The van der Waals surface area contributed by atoms with E-state index < -0.39 is 0 Å². The summed E-state index contributed by atoms with van der Waals surface area (Å²) < 4.78 is 17.4. The molecule has 14 heavy (non-hydrogen) atoms. The highest BCUT2D eigenvalue weighted by Crippen LogP contribution is 2.10. The van der Waals surface area contributed by atoms with Crippen LogP contribution in [-0.2, 0) is 0 Å². The van der Waals surface area contributed by atoms with Crippen LogP contribution in [-0.4, -0.2) is 6.61 Å². The van der Waals surface area contributed by atoms with E-state index in [1.54, 1.807) is 12.1 Å². The Labute approximate surface area is 86.9 Å². The van der Waals surface area contributed by atoms with Gasteiger partial charge >= 0.3 is 0 Å². The normalized spacial score (nSPS) is 7.57. The minimum atomic E-state index is -0.233. The third-order valence-corrected chi connectivity index (χ3v) is 1.12. The van der Waals surface area contributed by atoms with Crippen molar-refractivity contribution >= 4 is 0 Å². The molecule has 1 nitrogen and oxygen atoms in total. The lowest BCUT2D eigenvalue weighted by Crippen LogP contribution is -1.90. The summed E-state index contributed by atoms with van der Waals surface area (Å²) in [6, 6.07) is 5.98. The van der Waals surface area contributed by atoms with Crippen LogP contribution in [0.2, 0.25) is 0 Å². The zero-order chi connectivity index (χ0) is 11.4. The molecule has 0 unspecified atom stereocenters. The van der Waals surface area contributed by atoms with Gasteiger partial charge in [-0.2, -0.15) is 0 Å². The Kier molecular flexibility index (Phi) is 13.2. The van der Waals surface area contributed by atoms with Crippen molar-refractivity contribution in [1.82, 2.24) is 0 Å². The maximum Gasteiger partial charge on any atom is 0.123 e. The molecule has 0 amide bonds. The van der Waals surface area contributed by atoms with Crippen LogP contribution in [0.3, 0.4) is 0 Å². The smallest absolute Gasteiger partial charge is 0.123 e. The number of benzene rings is 1. The Balaban J connectivity index is 0.